The quantitative estimate of drug-likeness (QED) is 0.487. The van der Waals surface area contributed by atoms with Crippen molar-refractivity contribution < 1.29 is 28.6 Å². The van der Waals surface area contributed by atoms with Gasteiger partial charge in [-0.15, -0.1) is 0 Å². The summed E-state index contributed by atoms with van der Waals surface area (Å²) in [5.74, 6) is -0.236. The second kappa shape index (κ2) is 13.3. The predicted octanol–water partition coefficient (Wildman–Crippen LogP) is 0.731. The minimum atomic E-state index is -0.695. The molecule has 0 aliphatic rings. The summed E-state index contributed by atoms with van der Waals surface area (Å²) < 4.78 is 14.8. The Morgan fingerprint density at radius 2 is 1.65 bits per heavy atom. The summed E-state index contributed by atoms with van der Waals surface area (Å²) in [5.41, 5.74) is 0. The van der Waals surface area contributed by atoms with Crippen LogP contribution >= 0.6 is 0 Å². The second-order valence-electron chi connectivity index (χ2n) is 6.12. The van der Waals surface area contributed by atoms with Crippen molar-refractivity contribution in [2.45, 2.75) is 45.9 Å². The molecule has 9 heteroatoms. The monoisotopic (exact) mass is 375 g/mol. The molecule has 0 radical (unpaired) electrons. The van der Waals surface area contributed by atoms with E-state index in [1.54, 1.807) is 11.8 Å². The highest BCUT2D eigenvalue weighted by atomic mass is 16.7. The lowest BCUT2D eigenvalue weighted by atomic mass is 10.1. The van der Waals surface area contributed by atoms with E-state index in [2.05, 4.69) is 29.2 Å². The average molecular weight is 375 g/mol. The summed E-state index contributed by atoms with van der Waals surface area (Å²) in [6.45, 7) is 6.69. The van der Waals surface area contributed by atoms with Gasteiger partial charge in [-0.1, -0.05) is 20.3 Å². The Morgan fingerprint density at radius 1 is 1.04 bits per heavy atom. The first-order valence-corrected chi connectivity index (χ1v) is 8.74. The van der Waals surface area contributed by atoms with Crippen LogP contribution in [0.5, 0.6) is 0 Å². The number of hydrogen-bond donors (Lipinski definition) is 2. The molecule has 0 aromatic rings. The van der Waals surface area contributed by atoms with Gasteiger partial charge in [-0.05, 0) is 12.8 Å². The fourth-order valence-electron chi connectivity index (χ4n) is 2.18. The highest BCUT2D eigenvalue weighted by Gasteiger charge is 2.25. The van der Waals surface area contributed by atoms with E-state index in [4.69, 9.17) is 9.47 Å². The van der Waals surface area contributed by atoms with Crippen molar-refractivity contribution in [3.05, 3.63) is 0 Å². The summed E-state index contributed by atoms with van der Waals surface area (Å²) in [5, 5.41) is 5.06. The Morgan fingerprint density at radius 3 is 2.15 bits per heavy atom. The molecule has 26 heavy (non-hydrogen) atoms. The largest absolute Gasteiger partial charge is 0.453 e. The maximum absolute atomic E-state index is 12.7. The topological polar surface area (TPSA) is 106 Å². The number of hydrogen-bond acceptors (Lipinski definition) is 6. The molecule has 9 nitrogen and oxygen atoms in total. The summed E-state index contributed by atoms with van der Waals surface area (Å²) in [4.78, 5) is 37.3. The average Bonchev–Trinajstić information content (AvgIpc) is 2.63. The van der Waals surface area contributed by atoms with Gasteiger partial charge >= 0.3 is 6.09 Å². The predicted molar refractivity (Wildman–Crippen MR) is 96.5 cm³/mol. The molecule has 0 saturated carbocycles. The Hall–Kier alpha value is -1.87. The van der Waals surface area contributed by atoms with Crippen LogP contribution in [0.2, 0.25) is 0 Å². The van der Waals surface area contributed by atoms with Crippen molar-refractivity contribution in [1.82, 2.24) is 15.5 Å². The van der Waals surface area contributed by atoms with E-state index in [1.165, 1.54) is 21.3 Å². The van der Waals surface area contributed by atoms with Crippen LogP contribution < -0.4 is 10.6 Å². The molecule has 2 atom stereocenters. The Kier molecular flexibility index (Phi) is 12.4. The van der Waals surface area contributed by atoms with Crippen LogP contribution in [0.1, 0.15) is 33.6 Å². The number of ether oxygens (including phenoxy) is 3. The van der Waals surface area contributed by atoms with Crippen molar-refractivity contribution in [2.75, 3.05) is 41.0 Å². The van der Waals surface area contributed by atoms with E-state index in [0.29, 0.717) is 12.5 Å². The van der Waals surface area contributed by atoms with Gasteiger partial charge in [0.05, 0.1) is 13.7 Å². The Bertz CT molecular complexity index is 442. The molecule has 0 fully saturated rings. The lowest BCUT2D eigenvalue weighted by Crippen LogP contribution is -2.50. The van der Waals surface area contributed by atoms with Gasteiger partial charge in [0.1, 0.15) is 6.04 Å². The third-order valence-corrected chi connectivity index (χ3v) is 3.99. The molecule has 1 unspecified atom stereocenters. The molecular weight excluding hydrogens is 342 g/mol. The fourth-order valence-corrected chi connectivity index (χ4v) is 2.18. The SMILES string of the molecule is CCC(C)CN(CC(OC)OC)C(=O)[C@H](C)NC(=O)CCNC(=O)OC. The van der Waals surface area contributed by atoms with E-state index in [1.807, 2.05) is 0 Å². The van der Waals surface area contributed by atoms with E-state index in [-0.39, 0.29) is 31.3 Å². The summed E-state index contributed by atoms with van der Waals surface area (Å²) in [7, 11) is 4.27. The zero-order valence-corrected chi connectivity index (χ0v) is 16.7. The lowest BCUT2D eigenvalue weighted by Gasteiger charge is -2.30. The lowest BCUT2D eigenvalue weighted by molar-refractivity contribution is -0.148. The molecule has 3 amide bonds. The van der Waals surface area contributed by atoms with Gasteiger partial charge in [0, 0.05) is 33.7 Å². The minimum Gasteiger partial charge on any atom is -0.453 e. The van der Waals surface area contributed by atoms with Crippen molar-refractivity contribution in [3.8, 4) is 0 Å². The van der Waals surface area contributed by atoms with E-state index in [0.717, 1.165) is 6.42 Å². The molecule has 0 bridgehead atoms. The molecule has 0 rings (SSSR count). The highest BCUT2D eigenvalue weighted by molar-refractivity contribution is 5.87. The van der Waals surface area contributed by atoms with Gasteiger partial charge in [0.2, 0.25) is 11.8 Å². The normalized spacial score (nSPS) is 13.0. The standard InChI is InChI=1S/C17H33N3O6/c1-7-12(2)10-20(11-15(24-4)25-5)16(22)13(3)19-14(21)8-9-18-17(23)26-6/h12-13,15H,7-11H2,1-6H3,(H,18,23)(H,19,21)/t12?,13-/m0/s1. The molecule has 0 heterocycles. The van der Waals surface area contributed by atoms with Gasteiger partial charge < -0.3 is 29.7 Å². The van der Waals surface area contributed by atoms with Gasteiger partial charge in [0.15, 0.2) is 6.29 Å². The van der Waals surface area contributed by atoms with E-state index in [9.17, 15) is 14.4 Å². The number of carbonyl (C=O) groups excluding carboxylic acids is 3. The highest BCUT2D eigenvalue weighted by Crippen LogP contribution is 2.08. The van der Waals surface area contributed by atoms with Crippen molar-refractivity contribution in [2.24, 2.45) is 5.92 Å². The molecular formula is C17H33N3O6. The molecule has 2 N–H and O–H groups in total. The smallest absolute Gasteiger partial charge is 0.406 e. The number of nitrogens with zero attached hydrogens (tertiary/aromatic N) is 1. The van der Waals surface area contributed by atoms with Gasteiger partial charge in [-0.3, -0.25) is 9.59 Å². The third kappa shape index (κ3) is 9.57. The molecule has 0 saturated heterocycles. The van der Waals surface area contributed by atoms with Crippen LogP contribution in [0.25, 0.3) is 0 Å². The van der Waals surface area contributed by atoms with E-state index < -0.39 is 18.4 Å². The number of alkyl carbamates (subject to hydrolysis) is 1. The molecule has 152 valence electrons. The summed E-state index contributed by atoms with van der Waals surface area (Å²) in [6, 6.07) is -0.695. The summed E-state index contributed by atoms with van der Waals surface area (Å²) in [6.07, 6.45) is -0.160. The van der Waals surface area contributed by atoms with Gasteiger partial charge in [-0.25, -0.2) is 4.79 Å². The van der Waals surface area contributed by atoms with Crippen molar-refractivity contribution in [1.29, 1.82) is 0 Å². The molecule has 0 aromatic heterocycles. The van der Waals surface area contributed by atoms with Crippen LogP contribution in [-0.2, 0) is 23.8 Å². The Balaban J connectivity index is 4.70. The number of methoxy groups -OCH3 is 3. The fraction of sp³-hybridized carbons (Fsp3) is 0.824. The first kappa shape index (κ1) is 24.1. The Labute approximate surface area is 155 Å². The number of nitrogens with one attached hydrogen (secondary N) is 2. The number of carbonyl (C=O) groups is 3. The van der Waals surface area contributed by atoms with Crippen molar-refractivity contribution in [3.63, 3.8) is 0 Å². The van der Waals surface area contributed by atoms with Crippen LogP contribution in [0, 0.1) is 5.92 Å². The van der Waals surface area contributed by atoms with Crippen molar-refractivity contribution >= 4 is 17.9 Å². The number of amides is 3. The first-order valence-electron chi connectivity index (χ1n) is 8.74. The van der Waals surface area contributed by atoms with Gasteiger partial charge in [-0.2, -0.15) is 0 Å². The zero-order chi connectivity index (χ0) is 20.1. The summed E-state index contributed by atoms with van der Waals surface area (Å²) >= 11 is 0. The number of rotatable bonds is 12. The maximum Gasteiger partial charge on any atom is 0.406 e. The molecule has 0 aliphatic heterocycles. The second-order valence-corrected chi connectivity index (χ2v) is 6.12. The van der Waals surface area contributed by atoms with Crippen LogP contribution in [0.15, 0.2) is 0 Å². The molecule has 0 spiro atoms. The minimum absolute atomic E-state index is 0.0524. The molecule has 0 aromatic carbocycles. The van der Waals surface area contributed by atoms with E-state index >= 15 is 0 Å². The molecule has 0 aliphatic carbocycles. The van der Waals surface area contributed by atoms with Crippen LogP contribution in [0.3, 0.4) is 0 Å². The zero-order valence-electron chi connectivity index (χ0n) is 16.7. The van der Waals surface area contributed by atoms with Crippen LogP contribution in [0.4, 0.5) is 4.79 Å². The maximum atomic E-state index is 12.7. The van der Waals surface area contributed by atoms with Gasteiger partial charge in [0.25, 0.3) is 0 Å². The third-order valence-electron chi connectivity index (χ3n) is 3.99. The van der Waals surface area contributed by atoms with Crippen LogP contribution in [-0.4, -0.2) is 76.1 Å². The first-order chi connectivity index (χ1) is 12.3.